The quantitative estimate of drug-likeness (QED) is 0.603. The first-order valence-corrected chi connectivity index (χ1v) is 11.1. The van der Waals surface area contributed by atoms with Gasteiger partial charge in [-0.25, -0.2) is 13.1 Å². The average molecular weight is 406 g/mol. The molecule has 0 amide bonds. The number of fused-ring (bicyclic) bond motifs is 1. The number of benzene rings is 2. The summed E-state index contributed by atoms with van der Waals surface area (Å²) < 4.78 is 33.4. The number of nitrogens with one attached hydrogen (secondary N) is 1. The summed E-state index contributed by atoms with van der Waals surface area (Å²) in [6.45, 7) is 1.56. The molecule has 0 spiro atoms. The van der Waals surface area contributed by atoms with E-state index in [2.05, 4.69) is 4.72 Å². The van der Waals surface area contributed by atoms with Crippen LogP contribution in [0.25, 0.3) is 10.1 Å². The fraction of sp³-hybridized carbons (Fsp3) is 0.300. The Morgan fingerprint density at radius 1 is 1.15 bits per heavy atom. The van der Waals surface area contributed by atoms with E-state index in [9.17, 15) is 13.5 Å². The molecule has 0 radical (unpaired) electrons. The van der Waals surface area contributed by atoms with E-state index in [1.165, 1.54) is 11.3 Å². The number of sulfonamides is 1. The zero-order valence-corrected chi connectivity index (χ0v) is 16.9. The van der Waals surface area contributed by atoms with E-state index in [4.69, 9.17) is 4.74 Å². The van der Waals surface area contributed by atoms with Crippen molar-refractivity contribution in [3.05, 3.63) is 65.0 Å². The molecule has 0 saturated heterocycles. The highest BCUT2D eigenvalue weighted by molar-refractivity contribution is 7.89. The maximum absolute atomic E-state index is 12.3. The number of hydrogen-bond acceptors (Lipinski definition) is 5. The van der Waals surface area contributed by atoms with Gasteiger partial charge in [-0.3, -0.25) is 0 Å². The lowest BCUT2D eigenvalue weighted by atomic mass is 10.1. The van der Waals surface area contributed by atoms with Crippen LogP contribution in [0.3, 0.4) is 0 Å². The van der Waals surface area contributed by atoms with Crippen molar-refractivity contribution < 1.29 is 18.3 Å². The lowest BCUT2D eigenvalue weighted by Crippen LogP contribution is -2.39. The van der Waals surface area contributed by atoms with Crippen LogP contribution in [0.2, 0.25) is 0 Å². The maximum Gasteiger partial charge on any atom is 0.212 e. The van der Waals surface area contributed by atoms with Gasteiger partial charge in [0.15, 0.2) is 0 Å². The summed E-state index contributed by atoms with van der Waals surface area (Å²) in [6.07, 6.45) is 0.393. The summed E-state index contributed by atoms with van der Waals surface area (Å²) in [5.41, 5.74) is -0.353. The SMILES string of the molecule is COc1ccc(CCS(=O)(=O)NC[C@@](C)(O)c2cc3ccccc3s2)cc1. The first-order valence-electron chi connectivity index (χ1n) is 8.61. The summed E-state index contributed by atoms with van der Waals surface area (Å²) in [5.74, 6) is 0.695. The van der Waals surface area contributed by atoms with Gasteiger partial charge >= 0.3 is 0 Å². The topological polar surface area (TPSA) is 75.6 Å². The lowest BCUT2D eigenvalue weighted by Gasteiger charge is -2.22. The van der Waals surface area contributed by atoms with Crippen molar-refractivity contribution in [3.63, 3.8) is 0 Å². The van der Waals surface area contributed by atoms with E-state index >= 15 is 0 Å². The molecule has 0 aliphatic heterocycles. The van der Waals surface area contributed by atoms with Gasteiger partial charge in [0.05, 0.1) is 12.9 Å². The predicted octanol–water partition coefficient (Wildman–Crippen LogP) is 3.28. The van der Waals surface area contributed by atoms with Gasteiger partial charge in [-0.05, 0) is 48.6 Å². The second-order valence-electron chi connectivity index (χ2n) is 6.66. The molecule has 1 aromatic heterocycles. The van der Waals surface area contributed by atoms with Gasteiger partial charge in [-0.1, -0.05) is 30.3 Å². The molecule has 0 saturated carbocycles. The molecule has 0 bridgehead atoms. The largest absolute Gasteiger partial charge is 0.497 e. The molecule has 0 aliphatic carbocycles. The Bertz CT molecular complexity index is 975. The summed E-state index contributed by atoms with van der Waals surface area (Å²) in [6, 6.07) is 17.1. The first kappa shape index (κ1) is 19.8. The smallest absolute Gasteiger partial charge is 0.212 e. The molecule has 2 aromatic carbocycles. The number of methoxy groups -OCH3 is 1. The minimum Gasteiger partial charge on any atom is -0.497 e. The van der Waals surface area contributed by atoms with Crippen LogP contribution in [-0.4, -0.2) is 32.9 Å². The Kier molecular flexibility index (Phi) is 5.86. The number of thiophene rings is 1. The molecule has 144 valence electrons. The summed E-state index contributed by atoms with van der Waals surface area (Å²) >= 11 is 1.47. The van der Waals surface area contributed by atoms with E-state index in [1.807, 2.05) is 54.6 Å². The van der Waals surface area contributed by atoms with Crippen molar-refractivity contribution >= 4 is 31.4 Å². The van der Waals surface area contributed by atoms with Crippen molar-refractivity contribution in [1.29, 1.82) is 0 Å². The Balaban J connectivity index is 1.61. The second kappa shape index (κ2) is 7.98. The van der Waals surface area contributed by atoms with Crippen molar-refractivity contribution in [2.75, 3.05) is 19.4 Å². The molecule has 0 unspecified atom stereocenters. The molecule has 7 heteroatoms. The molecule has 0 fully saturated rings. The van der Waals surface area contributed by atoms with Gasteiger partial charge in [0.25, 0.3) is 0 Å². The van der Waals surface area contributed by atoms with Crippen molar-refractivity contribution in [2.45, 2.75) is 18.9 Å². The Labute approximate surface area is 163 Å². The van der Waals surface area contributed by atoms with Gasteiger partial charge < -0.3 is 9.84 Å². The van der Waals surface area contributed by atoms with Crippen LogP contribution in [0.4, 0.5) is 0 Å². The highest BCUT2D eigenvalue weighted by Gasteiger charge is 2.27. The standard InChI is InChI=1S/C20H23NO4S2/c1-20(22,19-13-16-5-3-4-6-18(16)26-19)14-21-27(23,24)12-11-15-7-9-17(25-2)10-8-15/h3-10,13,21-22H,11-12,14H2,1-2H3/t20-/m1/s1. The van der Waals surface area contributed by atoms with Gasteiger partial charge in [0, 0.05) is 16.1 Å². The molecule has 3 rings (SSSR count). The van der Waals surface area contributed by atoms with Gasteiger partial charge in [-0.2, -0.15) is 0 Å². The molecule has 2 N–H and O–H groups in total. The number of hydrogen-bond donors (Lipinski definition) is 2. The third-order valence-corrected chi connectivity index (χ3v) is 7.11. The normalized spacial score (nSPS) is 14.2. The predicted molar refractivity (Wildman–Crippen MR) is 110 cm³/mol. The van der Waals surface area contributed by atoms with Crippen molar-refractivity contribution in [3.8, 4) is 5.75 Å². The Morgan fingerprint density at radius 2 is 1.85 bits per heavy atom. The monoisotopic (exact) mass is 405 g/mol. The van der Waals surface area contributed by atoms with Crippen LogP contribution >= 0.6 is 11.3 Å². The minimum absolute atomic E-state index is 0.0399. The highest BCUT2D eigenvalue weighted by atomic mass is 32.2. The molecule has 1 atom stereocenters. The second-order valence-corrected chi connectivity index (χ2v) is 9.67. The van der Waals surface area contributed by atoms with Crippen molar-refractivity contribution in [2.24, 2.45) is 0 Å². The van der Waals surface area contributed by atoms with Crippen LogP contribution in [0.15, 0.2) is 54.6 Å². The van der Waals surface area contributed by atoms with E-state index in [0.717, 1.165) is 26.3 Å². The van der Waals surface area contributed by atoms with Crippen LogP contribution in [0.5, 0.6) is 5.75 Å². The summed E-state index contributed by atoms with van der Waals surface area (Å²) in [5, 5.41) is 11.8. The average Bonchev–Trinajstić information content (AvgIpc) is 3.11. The molecule has 5 nitrogen and oxygen atoms in total. The van der Waals surface area contributed by atoms with E-state index in [-0.39, 0.29) is 12.3 Å². The van der Waals surface area contributed by atoms with E-state index in [0.29, 0.717) is 6.42 Å². The number of ether oxygens (including phenoxy) is 1. The van der Waals surface area contributed by atoms with Crippen LogP contribution in [0, 0.1) is 0 Å². The number of rotatable bonds is 8. The zero-order chi connectivity index (χ0) is 19.5. The Morgan fingerprint density at radius 3 is 2.52 bits per heavy atom. The third kappa shape index (κ3) is 5.07. The number of aliphatic hydroxyl groups is 1. The zero-order valence-electron chi connectivity index (χ0n) is 15.3. The molecular formula is C20H23NO4S2. The van der Waals surface area contributed by atoms with Gasteiger partial charge in [0.2, 0.25) is 10.0 Å². The number of aryl methyl sites for hydroxylation is 1. The van der Waals surface area contributed by atoms with Gasteiger partial charge in [0.1, 0.15) is 11.4 Å². The Hall–Kier alpha value is -1.93. The minimum atomic E-state index is -3.50. The van der Waals surface area contributed by atoms with Crippen LogP contribution < -0.4 is 9.46 Å². The summed E-state index contributed by atoms with van der Waals surface area (Å²) in [4.78, 5) is 0.738. The molecule has 1 heterocycles. The van der Waals surface area contributed by atoms with Crippen LogP contribution in [-0.2, 0) is 22.0 Å². The third-order valence-electron chi connectivity index (χ3n) is 4.41. The molecule has 0 aliphatic rings. The maximum atomic E-state index is 12.3. The lowest BCUT2D eigenvalue weighted by molar-refractivity contribution is 0.0667. The molecule has 27 heavy (non-hydrogen) atoms. The van der Waals surface area contributed by atoms with Crippen LogP contribution in [0.1, 0.15) is 17.4 Å². The fourth-order valence-electron chi connectivity index (χ4n) is 2.70. The van der Waals surface area contributed by atoms with E-state index in [1.54, 1.807) is 14.0 Å². The van der Waals surface area contributed by atoms with Crippen molar-refractivity contribution in [1.82, 2.24) is 4.72 Å². The first-order chi connectivity index (χ1) is 12.8. The van der Waals surface area contributed by atoms with Gasteiger partial charge in [-0.15, -0.1) is 11.3 Å². The molecular weight excluding hydrogens is 382 g/mol. The highest BCUT2D eigenvalue weighted by Crippen LogP contribution is 2.32. The summed E-state index contributed by atoms with van der Waals surface area (Å²) in [7, 11) is -1.91. The molecule has 3 aromatic rings. The fourth-order valence-corrected chi connectivity index (χ4v) is 4.96. The van der Waals surface area contributed by atoms with E-state index < -0.39 is 15.6 Å².